The summed E-state index contributed by atoms with van der Waals surface area (Å²) in [5.41, 5.74) is 2.82. The molecule has 1 aromatic carbocycles. The van der Waals surface area contributed by atoms with Crippen molar-refractivity contribution in [2.45, 2.75) is 6.92 Å². The molecule has 0 aliphatic rings. The maximum Gasteiger partial charge on any atom is 0.118 e. The lowest BCUT2D eigenvalue weighted by Crippen LogP contribution is -1.84. The van der Waals surface area contributed by atoms with Gasteiger partial charge in [0.25, 0.3) is 0 Å². The van der Waals surface area contributed by atoms with Crippen LogP contribution in [-0.4, -0.2) is 22.5 Å². The Labute approximate surface area is 81.9 Å². The van der Waals surface area contributed by atoms with Crippen LogP contribution in [0.5, 0.6) is 5.75 Å². The highest BCUT2D eigenvalue weighted by Crippen LogP contribution is 2.21. The first-order valence-electron chi connectivity index (χ1n) is 4.33. The Hall–Kier alpha value is -1.84. The van der Waals surface area contributed by atoms with Gasteiger partial charge >= 0.3 is 0 Å². The molecule has 2 rings (SSSR count). The standard InChI is InChI=1S/C10H11N3O/c1-7-10(12-13-11-7)8-3-5-9(14-2)6-4-8/h3-6H,1-2H3,(H,11,12,13). The molecule has 0 saturated carbocycles. The van der Waals surface area contributed by atoms with Gasteiger partial charge in [0.1, 0.15) is 11.4 Å². The van der Waals surface area contributed by atoms with Crippen molar-refractivity contribution in [2.75, 3.05) is 7.11 Å². The number of aryl methyl sites for hydroxylation is 1. The molecule has 0 saturated heterocycles. The number of nitrogens with zero attached hydrogens (tertiary/aromatic N) is 2. The molecule has 4 nitrogen and oxygen atoms in total. The number of rotatable bonds is 2. The lowest BCUT2D eigenvalue weighted by atomic mass is 10.1. The maximum absolute atomic E-state index is 5.07. The van der Waals surface area contributed by atoms with Gasteiger partial charge in [-0.3, -0.25) is 0 Å². The normalized spacial score (nSPS) is 10.1. The average molecular weight is 189 g/mol. The highest BCUT2D eigenvalue weighted by atomic mass is 16.5. The summed E-state index contributed by atoms with van der Waals surface area (Å²) in [5.74, 6) is 0.842. The summed E-state index contributed by atoms with van der Waals surface area (Å²) < 4.78 is 5.07. The zero-order valence-corrected chi connectivity index (χ0v) is 8.11. The molecule has 72 valence electrons. The van der Waals surface area contributed by atoms with Gasteiger partial charge in [-0.2, -0.15) is 15.4 Å². The van der Waals surface area contributed by atoms with Gasteiger partial charge in [0, 0.05) is 5.56 Å². The zero-order valence-electron chi connectivity index (χ0n) is 8.11. The third kappa shape index (κ3) is 1.46. The largest absolute Gasteiger partial charge is 0.497 e. The number of hydrogen-bond donors (Lipinski definition) is 1. The van der Waals surface area contributed by atoms with E-state index in [0.29, 0.717) is 0 Å². The minimum atomic E-state index is 0.842. The van der Waals surface area contributed by atoms with Crippen LogP contribution < -0.4 is 4.74 Å². The number of nitrogens with one attached hydrogen (secondary N) is 1. The first-order chi connectivity index (χ1) is 6.81. The van der Waals surface area contributed by atoms with Crippen LogP contribution in [0, 0.1) is 6.92 Å². The van der Waals surface area contributed by atoms with Crippen LogP contribution in [0.2, 0.25) is 0 Å². The fourth-order valence-electron chi connectivity index (χ4n) is 1.31. The number of ether oxygens (including phenoxy) is 1. The summed E-state index contributed by atoms with van der Waals surface area (Å²) in [7, 11) is 1.65. The van der Waals surface area contributed by atoms with E-state index in [1.165, 1.54) is 0 Å². The molecule has 14 heavy (non-hydrogen) atoms. The number of methoxy groups -OCH3 is 1. The van der Waals surface area contributed by atoms with Gasteiger partial charge in [-0.05, 0) is 31.2 Å². The Kier molecular flexibility index (Phi) is 2.18. The zero-order chi connectivity index (χ0) is 9.97. The Morgan fingerprint density at radius 3 is 2.36 bits per heavy atom. The first-order valence-corrected chi connectivity index (χ1v) is 4.33. The van der Waals surface area contributed by atoms with Crippen LogP contribution in [0.3, 0.4) is 0 Å². The molecule has 1 N–H and O–H groups in total. The van der Waals surface area contributed by atoms with Gasteiger partial charge in [-0.1, -0.05) is 0 Å². The Balaban J connectivity index is 2.39. The van der Waals surface area contributed by atoms with Crippen molar-refractivity contribution in [3.8, 4) is 17.0 Å². The molecule has 0 spiro atoms. The molecule has 0 amide bonds. The van der Waals surface area contributed by atoms with Crippen LogP contribution in [-0.2, 0) is 0 Å². The highest BCUT2D eigenvalue weighted by Gasteiger charge is 2.05. The van der Waals surface area contributed by atoms with E-state index in [1.807, 2.05) is 31.2 Å². The van der Waals surface area contributed by atoms with Gasteiger partial charge in [0.05, 0.1) is 12.8 Å². The van der Waals surface area contributed by atoms with Gasteiger partial charge in [0.15, 0.2) is 0 Å². The van der Waals surface area contributed by atoms with Crippen LogP contribution in [0.1, 0.15) is 5.69 Å². The fourth-order valence-corrected chi connectivity index (χ4v) is 1.31. The van der Waals surface area contributed by atoms with Gasteiger partial charge in [-0.25, -0.2) is 0 Å². The van der Waals surface area contributed by atoms with Crippen molar-refractivity contribution in [3.05, 3.63) is 30.0 Å². The molecular weight excluding hydrogens is 178 g/mol. The van der Waals surface area contributed by atoms with Crippen molar-refractivity contribution >= 4 is 0 Å². The molecule has 4 heteroatoms. The summed E-state index contributed by atoms with van der Waals surface area (Å²) in [6.45, 7) is 1.92. The Bertz CT molecular complexity index is 419. The van der Waals surface area contributed by atoms with E-state index in [4.69, 9.17) is 4.74 Å². The van der Waals surface area contributed by atoms with Crippen molar-refractivity contribution < 1.29 is 4.74 Å². The summed E-state index contributed by atoms with van der Waals surface area (Å²) in [4.78, 5) is 0. The van der Waals surface area contributed by atoms with Crippen molar-refractivity contribution in [2.24, 2.45) is 0 Å². The molecule has 2 aromatic rings. The minimum absolute atomic E-state index is 0.842. The first kappa shape index (κ1) is 8.74. The quantitative estimate of drug-likeness (QED) is 0.783. The Morgan fingerprint density at radius 1 is 1.14 bits per heavy atom. The molecule has 0 aliphatic carbocycles. The lowest BCUT2D eigenvalue weighted by Gasteiger charge is -2.00. The molecule has 0 unspecified atom stereocenters. The molecule has 0 aliphatic heterocycles. The second-order valence-electron chi connectivity index (χ2n) is 2.99. The second-order valence-corrected chi connectivity index (χ2v) is 2.99. The van der Waals surface area contributed by atoms with Gasteiger partial charge in [0.2, 0.25) is 0 Å². The van der Waals surface area contributed by atoms with Crippen molar-refractivity contribution in [1.82, 2.24) is 15.4 Å². The van der Waals surface area contributed by atoms with Crippen LogP contribution in [0.25, 0.3) is 11.3 Å². The van der Waals surface area contributed by atoms with E-state index >= 15 is 0 Å². The second kappa shape index (κ2) is 3.49. The molecular formula is C10H11N3O. The molecule has 1 aromatic heterocycles. The maximum atomic E-state index is 5.07. The van der Waals surface area contributed by atoms with E-state index in [0.717, 1.165) is 22.7 Å². The Morgan fingerprint density at radius 2 is 1.86 bits per heavy atom. The summed E-state index contributed by atoms with van der Waals surface area (Å²) >= 11 is 0. The predicted molar refractivity (Wildman–Crippen MR) is 53.1 cm³/mol. The molecule has 0 fully saturated rings. The van der Waals surface area contributed by atoms with Crippen molar-refractivity contribution in [1.29, 1.82) is 0 Å². The monoisotopic (exact) mass is 189 g/mol. The van der Waals surface area contributed by atoms with Gasteiger partial charge in [-0.15, -0.1) is 0 Å². The molecule has 1 heterocycles. The van der Waals surface area contributed by atoms with E-state index < -0.39 is 0 Å². The van der Waals surface area contributed by atoms with Gasteiger partial charge < -0.3 is 4.74 Å². The molecule has 0 bridgehead atoms. The fraction of sp³-hybridized carbons (Fsp3) is 0.200. The van der Waals surface area contributed by atoms with E-state index in [1.54, 1.807) is 7.11 Å². The lowest BCUT2D eigenvalue weighted by molar-refractivity contribution is 0.415. The SMILES string of the molecule is COc1ccc(-c2n[nH]nc2C)cc1. The number of aromatic amines is 1. The smallest absolute Gasteiger partial charge is 0.118 e. The third-order valence-corrected chi connectivity index (χ3v) is 2.09. The third-order valence-electron chi connectivity index (χ3n) is 2.09. The van der Waals surface area contributed by atoms with E-state index in [9.17, 15) is 0 Å². The van der Waals surface area contributed by atoms with E-state index in [2.05, 4.69) is 15.4 Å². The summed E-state index contributed by atoms with van der Waals surface area (Å²) in [6, 6.07) is 7.74. The van der Waals surface area contributed by atoms with Crippen molar-refractivity contribution in [3.63, 3.8) is 0 Å². The van der Waals surface area contributed by atoms with Crippen LogP contribution >= 0.6 is 0 Å². The number of hydrogen-bond acceptors (Lipinski definition) is 3. The highest BCUT2D eigenvalue weighted by molar-refractivity contribution is 5.61. The van der Waals surface area contributed by atoms with Crippen LogP contribution in [0.15, 0.2) is 24.3 Å². The summed E-state index contributed by atoms with van der Waals surface area (Å²) in [5, 5.41) is 10.6. The topological polar surface area (TPSA) is 50.8 Å². The summed E-state index contributed by atoms with van der Waals surface area (Å²) in [6.07, 6.45) is 0. The average Bonchev–Trinajstić information content (AvgIpc) is 2.65. The minimum Gasteiger partial charge on any atom is -0.497 e. The number of benzene rings is 1. The number of H-pyrrole nitrogens is 1. The predicted octanol–water partition coefficient (Wildman–Crippen LogP) is 1.79. The van der Waals surface area contributed by atoms with Crippen LogP contribution in [0.4, 0.5) is 0 Å². The molecule has 0 atom stereocenters. The number of aromatic nitrogens is 3. The molecule has 0 radical (unpaired) electrons. The van der Waals surface area contributed by atoms with E-state index in [-0.39, 0.29) is 0 Å².